The summed E-state index contributed by atoms with van der Waals surface area (Å²) in [4.78, 5) is 31.1. The number of carbonyl (C=O) groups excluding carboxylic acids is 2. The molecule has 2 saturated heterocycles. The first-order valence-corrected chi connectivity index (χ1v) is 53.6. The molecule has 6 aromatic rings. The van der Waals surface area contributed by atoms with Crippen LogP contribution < -0.4 is 19.3 Å². The molecule has 2 N–H and O–H groups in total. The molecule has 2 aliphatic carbocycles. The van der Waals surface area contributed by atoms with Gasteiger partial charge in [-0.05, 0) is 346 Å². The molecular weight excluding hydrogens is 1670 g/mol. The van der Waals surface area contributed by atoms with Crippen molar-refractivity contribution in [2.45, 2.75) is 302 Å². The van der Waals surface area contributed by atoms with E-state index < -0.39 is 50.6 Å². The lowest BCUT2D eigenvalue weighted by Gasteiger charge is -2.40. The summed E-state index contributed by atoms with van der Waals surface area (Å²) >= 11 is 12.0. The number of nitrogens with zero attached hydrogens (tertiary/aromatic N) is 3. The number of carbonyl (C=O) groups is 2. The molecule has 4 fully saturated rings. The molecule has 6 aliphatic rings. The Morgan fingerprint density at radius 1 is 0.398 bits per heavy atom. The van der Waals surface area contributed by atoms with Crippen molar-refractivity contribution in [1.82, 2.24) is 4.90 Å². The molecule has 0 spiro atoms. The Labute approximate surface area is 750 Å². The smallest absolute Gasteiger partial charge is 0.261 e. The SMILES string of the molecule is CC(C)N1C(=O)c2ccc(CCC3CCC(CS(=O)(=O)C(C)C)CC3)cc2C1=O.CC(C)S(=O)(=O)CC1CCC(CCc2ccc3c(c2)OCO3)CC1.Cc1cc(CCCC(C)CCCS(=O)(=O)C(C)C)ccc1N1CCC(O)(c2ccc(Cl)cc2)CC1.Cc1cc(CCCCC(C)CCS(=O)(=O)C(C)C)ccc1N1CCC(O)(c2ccc(Cl)cc2)CC1. The third kappa shape index (κ3) is 29.5. The van der Waals surface area contributed by atoms with Crippen LogP contribution in [0.3, 0.4) is 0 Å². The van der Waals surface area contributed by atoms with E-state index in [4.69, 9.17) is 32.7 Å². The summed E-state index contributed by atoms with van der Waals surface area (Å²) in [5.74, 6) is 5.59. The van der Waals surface area contributed by atoms with Crippen LogP contribution >= 0.6 is 23.2 Å². The number of aryl methyl sites for hydroxylation is 6. The molecule has 4 heterocycles. The van der Waals surface area contributed by atoms with Crippen LogP contribution in [0.1, 0.15) is 290 Å². The number of rotatable bonds is 35. The normalized spacial score (nSPS) is 19.7. The molecule has 2 saturated carbocycles. The Hall–Kier alpha value is -6.04. The molecule has 2 atom stereocenters. The van der Waals surface area contributed by atoms with Gasteiger partial charge in [0.15, 0.2) is 50.8 Å². The van der Waals surface area contributed by atoms with E-state index in [1.165, 1.54) is 50.5 Å². The highest BCUT2D eigenvalue weighted by Crippen LogP contribution is 2.42. The zero-order valence-electron chi connectivity index (χ0n) is 76.2. The number of hydrogen-bond donors (Lipinski definition) is 2. The Morgan fingerprint density at radius 3 is 1.22 bits per heavy atom. The molecule has 6 aromatic carbocycles. The van der Waals surface area contributed by atoms with Gasteiger partial charge in [-0.15, -0.1) is 0 Å². The predicted molar refractivity (Wildman–Crippen MR) is 506 cm³/mol. The van der Waals surface area contributed by atoms with E-state index in [1.54, 1.807) is 61.5 Å². The Bertz CT molecular complexity index is 4870. The summed E-state index contributed by atoms with van der Waals surface area (Å²) in [7, 11) is -11.7. The maximum atomic E-state index is 12.6. The summed E-state index contributed by atoms with van der Waals surface area (Å²) in [5.41, 5.74) is 11.6. The number of halogens is 2. The van der Waals surface area contributed by atoms with Gasteiger partial charge in [0.1, 0.15) is 0 Å². The van der Waals surface area contributed by atoms with E-state index in [9.17, 15) is 53.5 Å². The number of aliphatic hydroxyl groups is 2. The van der Waals surface area contributed by atoms with Gasteiger partial charge < -0.3 is 29.5 Å². The summed E-state index contributed by atoms with van der Waals surface area (Å²) in [6.07, 6.45) is 25.6. The number of benzene rings is 6. The van der Waals surface area contributed by atoms with Gasteiger partial charge in [-0.3, -0.25) is 14.5 Å². The molecule has 2 amide bonds. The molecule has 17 nitrogen and oxygen atoms in total. The highest BCUT2D eigenvalue weighted by atomic mass is 35.5. The minimum atomic E-state index is -2.96. The molecule has 0 bridgehead atoms. The molecule has 682 valence electrons. The van der Waals surface area contributed by atoms with Crippen LogP contribution in [-0.4, -0.2) is 144 Å². The van der Waals surface area contributed by atoms with Crippen molar-refractivity contribution in [2.24, 2.45) is 35.5 Å². The van der Waals surface area contributed by atoms with Crippen molar-refractivity contribution < 1.29 is 62.9 Å². The molecule has 0 aromatic heterocycles. The minimum Gasteiger partial charge on any atom is -0.454 e. The fourth-order valence-electron chi connectivity index (χ4n) is 18.2. The van der Waals surface area contributed by atoms with E-state index >= 15 is 0 Å². The largest absolute Gasteiger partial charge is 0.454 e. The first-order chi connectivity index (χ1) is 58.0. The Balaban J connectivity index is 0.000000188. The van der Waals surface area contributed by atoms with E-state index in [0.717, 1.165) is 189 Å². The summed E-state index contributed by atoms with van der Waals surface area (Å²) in [6.45, 7) is 30.2. The maximum Gasteiger partial charge on any atom is 0.261 e. The molecule has 123 heavy (non-hydrogen) atoms. The second-order valence-corrected chi connectivity index (χ2v) is 49.6. The van der Waals surface area contributed by atoms with E-state index in [-0.39, 0.29) is 38.9 Å². The molecule has 2 unspecified atom stereocenters. The molecule has 12 rings (SSSR count). The number of piperidine rings is 2. The van der Waals surface area contributed by atoms with Crippen LogP contribution in [0, 0.1) is 49.4 Å². The van der Waals surface area contributed by atoms with Crippen LogP contribution in [0.2, 0.25) is 10.0 Å². The molecule has 0 radical (unpaired) electrons. The average molecular weight is 1810 g/mol. The van der Waals surface area contributed by atoms with E-state index in [2.05, 4.69) is 86.0 Å². The van der Waals surface area contributed by atoms with Crippen LogP contribution in [0.15, 0.2) is 121 Å². The minimum absolute atomic E-state index is 0.138. The number of sulfone groups is 4. The van der Waals surface area contributed by atoms with Crippen molar-refractivity contribution in [1.29, 1.82) is 0 Å². The van der Waals surface area contributed by atoms with Crippen molar-refractivity contribution in [3.05, 3.63) is 187 Å². The topological polar surface area (TPSA) is 239 Å². The quantitative estimate of drug-likeness (QED) is 0.0278. The van der Waals surface area contributed by atoms with E-state index in [0.29, 0.717) is 112 Å². The standard InChI is InChI=1S/2C29H42ClNO3S.C23H33NO4S.C19H28O4S/c1-22(2)35(33,34)20-6-8-23(3)7-5-9-25-10-15-28(24(4)21-25)31-18-16-29(32,17-19-31)26-11-13-27(30)14-12-26;1-22(2)35(33,34)20-15-23(3)7-5-6-8-25-9-14-28(24(4)21-25)31-18-16-29(32,17-19-31)26-10-12-27(30)13-11-26;1-15(2)24-22(25)20-12-11-18(13-21(20)23(24)26)8-5-17-6-9-19(10-7-17)14-29(27,28)16(3)4;1-14(2)24(20,21)12-17-7-4-15(5-8-17)3-6-16-9-10-18-19(11-16)23-13-22-18/h10-15,21-23,32H,5-9,16-20H2,1-4H3;9-14,21-23,32H,5-8,15-20H2,1-4H3;11-13,15-17,19H,5-10,14H2,1-4H3;9-11,14-15,17H,3-8,12-13H2,1-2H3. The van der Waals surface area contributed by atoms with E-state index in [1.807, 2.05) is 80.6 Å². The van der Waals surface area contributed by atoms with Gasteiger partial charge in [0.25, 0.3) is 11.8 Å². The lowest BCUT2D eigenvalue weighted by molar-refractivity contribution is 0.0114. The number of imide groups is 1. The number of hydrogen-bond acceptors (Lipinski definition) is 16. The molecule has 4 aliphatic heterocycles. The second kappa shape index (κ2) is 45.8. The fourth-order valence-corrected chi connectivity index (χ4v) is 23.5. The van der Waals surface area contributed by atoms with Crippen LogP contribution in [-0.2, 0) is 76.2 Å². The third-order valence-corrected chi connectivity index (χ3v) is 36.9. The highest BCUT2D eigenvalue weighted by Gasteiger charge is 2.40. The predicted octanol–water partition coefficient (Wildman–Crippen LogP) is 21.6. The lowest BCUT2D eigenvalue weighted by atomic mass is 9.80. The second-order valence-electron chi connectivity index (χ2n) is 38.2. The maximum absolute atomic E-state index is 12.6. The number of amides is 2. The summed E-state index contributed by atoms with van der Waals surface area (Å²) in [5, 5.41) is 22.6. The number of fused-ring (bicyclic) bond motifs is 2. The number of unbranched alkanes of at least 4 members (excludes halogenated alkanes) is 1. The van der Waals surface area contributed by atoms with Crippen molar-refractivity contribution >= 4 is 85.7 Å². The average Bonchev–Trinajstić information content (AvgIpc) is 1.62. The van der Waals surface area contributed by atoms with Crippen molar-refractivity contribution in [2.75, 3.05) is 65.8 Å². The van der Waals surface area contributed by atoms with Gasteiger partial charge in [-0.1, -0.05) is 143 Å². The van der Waals surface area contributed by atoms with Crippen LogP contribution in [0.4, 0.5) is 11.4 Å². The van der Waals surface area contributed by atoms with Gasteiger partial charge >= 0.3 is 0 Å². The van der Waals surface area contributed by atoms with Gasteiger partial charge in [-0.25, -0.2) is 33.7 Å². The van der Waals surface area contributed by atoms with Gasteiger partial charge in [0.05, 0.1) is 66.3 Å². The van der Waals surface area contributed by atoms with Gasteiger partial charge in [0, 0.05) is 53.6 Å². The Kier molecular flexibility index (Phi) is 37.5. The third-order valence-electron chi connectivity index (χ3n) is 27.1. The number of ether oxygens (including phenoxy) is 2. The van der Waals surface area contributed by atoms with Gasteiger partial charge in [-0.2, -0.15) is 0 Å². The fraction of sp³-hybridized carbons (Fsp3) is 0.620. The zero-order valence-corrected chi connectivity index (χ0v) is 80.9. The summed E-state index contributed by atoms with van der Waals surface area (Å²) in [6, 6.07) is 40.4. The van der Waals surface area contributed by atoms with Crippen LogP contribution in [0.5, 0.6) is 11.5 Å². The van der Waals surface area contributed by atoms with Crippen LogP contribution in [0.25, 0.3) is 0 Å². The van der Waals surface area contributed by atoms with Gasteiger partial charge in [0.2, 0.25) is 6.79 Å². The highest BCUT2D eigenvalue weighted by molar-refractivity contribution is 7.92. The zero-order chi connectivity index (χ0) is 89.8. The first kappa shape index (κ1) is 101. The first-order valence-electron chi connectivity index (χ1n) is 46.0. The molecular formula is C100H145Cl2N3O14S4. The lowest BCUT2D eigenvalue weighted by Crippen LogP contribution is -2.42. The Morgan fingerprint density at radius 2 is 0.772 bits per heavy atom. The summed E-state index contributed by atoms with van der Waals surface area (Å²) < 4.78 is 107. The van der Waals surface area contributed by atoms with Crippen molar-refractivity contribution in [3.63, 3.8) is 0 Å². The number of anilines is 2. The molecule has 23 heteroatoms. The van der Waals surface area contributed by atoms with Crippen molar-refractivity contribution in [3.8, 4) is 11.5 Å². The monoisotopic (exact) mass is 1810 g/mol.